The molecule has 0 radical (unpaired) electrons. The van der Waals surface area contributed by atoms with Gasteiger partial charge in [-0.2, -0.15) is 13.2 Å². The Kier molecular flexibility index (Phi) is 8.76. The maximum absolute atomic E-state index is 13.7. The summed E-state index contributed by atoms with van der Waals surface area (Å²) in [4.78, 5) is 19.4. The third kappa shape index (κ3) is 6.90. The summed E-state index contributed by atoms with van der Waals surface area (Å²) < 4.78 is 51.0. The molecule has 2 atom stereocenters. The van der Waals surface area contributed by atoms with Gasteiger partial charge in [-0.15, -0.1) is 0 Å². The number of ether oxygens (including phenoxy) is 2. The molecular formula is C21H26F3N3O4. The largest absolute Gasteiger partial charge is 0.481 e. The molecular weight excluding hydrogens is 415 g/mol. The van der Waals surface area contributed by atoms with E-state index in [0.717, 1.165) is 0 Å². The molecule has 0 aliphatic rings. The zero-order chi connectivity index (χ0) is 23.0. The monoisotopic (exact) mass is 441 g/mol. The SMILES string of the molecule is CCO[C@H](c1ccc(C(CC)CC(=O)O)cc1Nc1cnc(COC)nc1)C(F)(F)F. The van der Waals surface area contributed by atoms with Gasteiger partial charge in [-0.05, 0) is 30.9 Å². The average Bonchev–Trinajstić information content (AvgIpc) is 2.71. The minimum atomic E-state index is -4.63. The molecule has 2 rings (SSSR count). The first-order valence-electron chi connectivity index (χ1n) is 9.80. The number of aliphatic carboxylic acids is 1. The predicted molar refractivity (Wildman–Crippen MR) is 108 cm³/mol. The van der Waals surface area contributed by atoms with Crippen molar-refractivity contribution in [1.29, 1.82) is 0 Å². The van der Waals surface area contributed by atoms with Crippen molar-refractivity contribution in [2.45, 2.75) is 51.5 Å². The molecule has 10 heteroatoms. The van der Waals surface area contributed by atoms with Crippen LogP contribution in [0.3, 0.4) is 0 Å². The Morgan fingerprint density at radius 2 is 1.90 bits per heavy atom. The molecule has 1 aromatic heterocycles. The van der Waals surface area contributed by atoms with Gasteiger partial charge in [0.25, 0.3) is 0 Å². The number of alkyl halides is 3. The lowest BCUT2D eigenvalue weighted by Gasteiger charge is -2.25. The standard InChI is InChI=1S/C21H26F3N3O4/c1-4-13(9-19(28)29)14-6-7-16(20(31-5-2)21(22,23)24)17(8-14)27-15-10-25-18(12-30-3)26-11-15/h6-8,10-11,13,20,27H,4-5,9,12H2,1-3H3,(H,28,29)/t13?,20-/m1/s1. The molecule has 0 saturated heterocycles. The van der Waals surface area contributed by atoms with Gasteiger partial charge >= 0.3 is 12.1 Å². The molecule has 1 aromatic carbocycles. The number of rotatable bonds is 11. The quantitative estimate of drug-likeness (QED) is 0.508. The molecule has 0 aliphatic carbocycles. The van der Waals surface area contributed by atoms with Crippen LogP contribution in [0.5, 0.6) is 0 Å². The van der Waals surface area contributed by atoms with Gasteiger partial charge in [0.15, 0.2) is 11.9 Å². The summed E-state index contributed by atoms with van der Waals surface area (Å²) in [7, 11) is 1.50. The number of carboxylic acids is 1. The van der Waals surface area contributed by atoms with Gasteiger partial charge in [0.05, 0.1) is 24.5 Å². The number of halogens is 3. The molecule has 2 aromatic rings. The van der Waals surface area contributed by atoms with E-state index in [1.807, 2.05) is 6.92 Å². The van der Waals surface area contributed by atoms with Crippen LogP contribution in [0.2, 0.25) is 0 Å². The molecule has 1 heterocycles. The first kappa shape index (κ1) is 24.5. The molecule has 2 N–H and O–H groups in total. The van der Waals surface area contributed by atoms with Gasteiger partial charge in [-0.1, -0.05) is 19.1 Å². The van der Waals surface area contributed by atoms with Crippen LogP contribution in [0.1, 0.15) is 55.7 Å². The maximum atomic E-state index is 13.7. The number of hydrogen-bond acceptors (Lipinski definition) is 6. The Balaban J connectivity index is 2.49. The summed E-state index contributed by atoms with van der Waals surface area (Å²) in [5.41, 5.74) is 1.04. The minimum absolute atomic E-state index is 0.107. The van der Waals surface area contributed by atoms with Crippen LogP contribution in [0.25, 0.3) is 0 Å². The number of aromatic nitrogens is 2. The Morgan fingerprint density at radius 1 is 1.23 bits per heavy atom. The zero-order valence-corrected chi connectivity index (χ0v) is 17.6. The van der Waals surface area contributed by atoms with Gasteiger partial charge in [0, 0.05) is 25.0 Å². The van der Waals surface area contributed by atoms with Crippen molar-refractivity contribution in [1.82, 2.24) is 9.97 Å². The normalized spacial score (nSPS) is 13.6. The Bertz CT molecular complexity index is 860. The van der Waals surface area contributed by atoms with Gasteiger partial charge in [-0.25, -0.2) is 9.97 Å². The van der Waals surface area contributed by atoms with E-state index in [0.29, 0.717) is 23.5 Å². The van der Waals surface area contributed by atoms with Crippen molar-refractivity contribution in [3.05, 3.63) is 47.5 Å². The third-order valence-corrected chi connectivity index (χ3v) is 4.63. The highest BCUT2D eigenvalue weighted by molar-refractivity contribution is 5.69. The summed E-state index contributed by atoms with van der Waals surface area (Å²) in [6.45, 7) is 3.39. The van der Waals surface area contributed by atoms with E-state index in [1.54, 1.807) is 0 Å². The molecule has 0 saturated carbocycles. The van der Waals surface area contributed by atoms with E-state index in [2.05, 4.69) is 15.3 Å². The lowest BCUT2D eigenvalue weighted by Crippen LogP contribution is -2.24. The summed E-state index contributed by atoms with van der Waals surface area (Å²) in [5, 5.41) is 12.1. The molecule has 0 fully saturated rings. The fourth-order valence-electron chi connectivity index (χ4n) is 3.18. The van der Waals surface area contributed by atoms with Crippen molar-refractivity contribution in [3.8, 4) is 0 Å². The average molecular weight is 441 g/mol. The molecule has 0 spiro atoms. The van der Waals surface area contributed by atoms with Crippen molar-refractivity contribution in [2.75, 3.05) is 19.0 Å². The second kappa shape index (κ2) is 11.1. The van der Waals surface area contributed by atoms with Gasteiger partial charge < -0.3 is 19.9 Å². The first-order valence-corrected chi connectivity index (χ1v) is 9.80. The summed E-state index contributed by atoms with van der Waals surface area (Å²) in [6.07, 6.45) is -3.49. The highest BCUT2D eigenvalue weighted by Crippen LogP contribution is 2.41. The van der Waals surface area contributed by atoms with E-state index in [1.165, 1.54) is 44.6 Å². The van der Waals surface area contributed by atoms with Gasteiger partial charge in [0.1, 0.15) is 6.61 Å². The van der Waals surface area contributed by atoms with E-state index in [4.69, 9.17) is 14.6 Å². The summed E-state index contributed by atoms with van der Waals surface area (Å²) in [5.74, 6) is -0.893. The van der Waals surface area contributed by atoms with Crippen molar-refractivity contribution in [2.24, 2.45) is 0 Å². The topological polar surface area (TPSA) is 93.6 Å². The first-order chi connectivity index (χ1) is 14.7. The number of nitrogens with one attached hydrogen (secondary N) is 1. The van der Waals surface area contributed by atoms with Crippen LogP contribution in [-0.2, 0) is 20.9 Å². The van der Waals surface area contributed by atoms with Crippen LogP contribution in [0.4, 0.5) is 24.5 Å². The van der Waals surface area contributed by atoms with Crippen LogP contribution < -0.4 is 5.32 Å². The zero-order valence-electron chi connectivity index (χ0n) is 17.6. The molecule has 170 valence electrons. The lowest BCUT2D eigenvalue weighted by atomic mass is 9.91. The van der Waals surface area contributed by atoms with E-state index >= 15 is 0 Å². The molecule has 7 nitrogen and oxygen atoms in total. The molecule has 1 unspecified atom stereocenters. The fraction of sp³-hybridized carbons (Fsp3) is 0.476. The Labute approximate surface area is 178 Å². The number of methoxy groups -OCH3 is 1. The lowest BCUT2D eigenvalue weighted by molar-refractivity contribution is -0.222. The Hall–Kier alpha value is -2.72. The van der Waals surface area contributed by atoms with Crippen molar-refractivity contribution in [3.63, 3.8) is 0 Å². The number of carbonyl (C=O) groups is 1. The third-order valence-electron chi connectivity index (χ3n) is 4.63. The second-order valence-electron chi connectivity index (χ2n) is 6.87. The van der Waals surface area contributed by atoms with Crippen LogP contribution >= 0.6 is 0 Å². The second-order valence-corrected chi connectivity index (χ2v) is 6.87. The Morgan fingerprint density at radius 3 is 2.42 bits per heavy atom. The van der Waals surface area contributed by atoms with E-state index in [9.17, 15) is 18.0 Å². The van der Waals surface area contributed by atoms with Crippen LogP contribution in [-0.4, -0.2) is 40.9 Å². The molecule has 0 aliphatic heterocycles. The summed E-state index contributed by atoms with van der Waals surface area (Å²) in [6, 6.07) is 4.39. The molecule has 31 heavy (non-hydrogen) atoms. The van der Waals surface area contributed by atoms with E-state index < -0.39 is 18.2 Å². The number of carboxylic acid groups (broad SMARTS) is 1. The fourth-order valence-corrected chi connectivity index (χ4v) is 3.18. The summed E-state index contributed by atoms with van der Waals surface area (Å²) >= 11 is 0. The molecule has 0 bridgehead atoms. The number of benzene rings is 1. The number of hydrogen-bond donors (Lipinski definition) is 2. The highest BCUT2D eigenvalue weighted by atomic mass is 19.4. The van der Waals surface area contributed by atoms with Gasteiger partial charge in [-0.3, -0.25) is 4.79 Å². The van der Waals surface area contributed by atoms with Crippen LogP contribution in [0.15, 0.2) is 30.6 Å². The minimum Gasteiger partial charge on any atom is -0.481 e. The highest BCUT2D eigenvalue weighted by Gasteiger charge is 2.43. The van der Waals surface area contributed by atoms with E-state index in [-0.39, 0.29) is 36.8 Å². The predicted octanol–water partition coefficient (Wildman–Crippen LogP) is 4.97. The van der Waals surface area contributed by atoms with Crippen molar-refractivity contribution < 1.29 is 32.5 Å². The maximum Gasteiger partial charge on any atom is 0.418 e. The van der Waals surface area contributed by atoms with Crippen LogP contribution in [0, 0.1) is 0 Å². The smallest absolute Gasteiger partial charge is 0.418 e. The number of nitrogens with zero attached hydrogens (tertiary/aromatic N) is 2. The molecule has 0 amide bonds. The number of anilines is 2. The van der Waals surface area contributed by atoms with Crippen molar-refractivity contribution >= 4 is 17.3 Å². The van der Waals surface area contributed by atoms with Gasteiger partial charge in [0.2, 0.25) is 0 Å².